The average Bonchev–Trinajstić information content (AvgIpc) is 2.89. The van der Waals surface area contributed by atoms with Crippen molar-refractivity contribution in [3.63, 3.8) is 0 Å². The Morgan fingerprint density at radius 1 is 1.24 bits per heavy atom. The van der Waals surface area contributed by atoms with Gasteiger partial charge in [0.25, 0.3) is 0 Å². The Morgan fingerprint density at radius 3 is 2.43 bits per heavy atom. The number of ether oxygens (including phenoxy) is 2. The van der Waals surface area contributed by atoms with Crippen molar-refractivity contribution in [2.45, 2.75) is 78.5 Å². The topological polar surface area (TPSA) is 21.7 Å². The SMILES string of the molecule is [2H]C1([2H])CC(C(C)(C)C)CC([2H])([2H])C12OCC(CN(CC)CCC)O2. The van der Waals surface area contributed by atoms with Crippen LogP contribution in [-0.4, -0.2) is 43.0 Å². The molecule has 1 heterocycles. The second-order valence-electron chi connectivity index (χ2n) is 7.39. The molecule has 2 rings (SSSR count). The predicted molar refractivity (Wildman–Crippen MR) is 87.4 cm³/mol. The first-order valence-corrected chi connectivity index (χ1v) is 8.42. The van der Waals surface area contributed by atoms with Gasteiger partial charge in [-0.25, -0.2) is 0 Å². The zero-order valence-corrected chi connectivity index (χ0v) is 14.4. The third kappa shape index (κ3) is 4.43. The summed E-state index contributed by atoms with van der Waals surface area (Å²) in [6.07, 6.45) is -2.44. The largest absolute Gasteiger partial charge is 0.347 e. The van der Waals surface area contributed by atoms with Crippen LogP contribution in [0.3, 0.4) is 0 Å². The molecule has 1 saturated heterocycles. The molecule has 0 bridgehead atoms. The first-order valence-electron chi connectivity index (χ1n) is 10.4. The molecule has 1 saturated carbocycles. The Kier molecular flexibility index (Phi) is 4.09. The molecule has 0 aromatic rings. The van der Waals surface area contributed by atoms with E-state index < -0.39 is 18.5 Å². The molecule has 2 aliphatic rings. The minimum atomic E-state index is -1.86. The van der Waals surface area contributed by atoms with Gasteiger partial charge in [-0.1, -0.05) is 34.6 Å². The predicted octanol–water partition coefficient (Wildman–Crippen LogP) is 4.07. The number of rotatable bonds is 5. The van der Waals surface area contributed by atoms with Gasteiger partial charge in [0.2, 0.25) is 0 Å². The van der Waals surface area contributed by atoms with Crippen LogP contribution in [0.1, 0.15) is 72.1 Å². The van der Waals surface area contributed by atoms with Crippen molar-refractivity contribution in [3.05, 3.63) is 0 Å². The van der Waals surface area contributed by atoms with Crippen molar-refractivity contribution in [1.82, 2.24) is 4.90 Å². The van der Waals surface area contributed by atoms with E-state index in [1.165, 1.54) is 0 Å². The summed E-state index contributed by atoms with van der Waals surface area (Å²) < 4.78 is 46.3. The van der Waals surface area contributed by atoms with Crippen LogP contribution < -0.4 is 0 Å². The van der Waals surface area contributed by atoms with E-state index in [0.717, 1.165) is 19.5 Å². The Bertz CT molecular complexity index is 446. The highest BCUT2D eigenvalue weighted by molar-refractivity contribution is 4.89. The van der Waals surface area contributed by atoms with Crippen LogP contribution >= 0.6 is 0 Å². The van der Waals surface area contributed by atoms with Crippen molar-refractivity contribution in [2.24, 2.45) is 11.3 Å². The summed E-state index contributed by atoms with van der Waals surface area (Å²) in [4.78, 5) is 2.25. The van der Waals surface area contributed by atoms with Gasteiger partial charge in [0.05, 0.1) is 12.7 Å². The highest BCUT2D eigenvalue weighted by Gasteiger charge is 2.45. The molecular weight excluding hydrogens is 262 g/mol. The van der Waals surface area contributed by atoms with Gasteiger partial charge in [0.1, 0.15) is 0 Å². The quantitative estimate of drug-likeness (QED) is 0.764. The van der Waals surface area contributed by atoms with Gasteiger partial charge in [0.15, 0.2) is 5.79 Å². The summed E-state index contributed by atoms with van der Waals surface area (Å²) in [6, 6.07) is 0. The van der Waals surface area contributed by atoms with Crippen LogP contribution in [0.2, 0.25) is 0 Å². The lowest BCUT2D eigenvalue weighted by molar-refractivity contribution is -0.197. The van der Waals surface area contributed by atoms with Crippen LogP contribution in [0.5, 0.6) is 0 Å². The normalized spacial score (nSPS) is 34.5. The van der Waals surface area contributed by atoms with E-state index >= 15 is 0 Å². The van der Waals surface area contributed by atoms with Crippen LogP contribution in [0.4, 0.5) is 0 Å². The zero-order chi connectivity index (χ0) is 19.1. The second-order valence-corrected chi connectivity index (χ2v) is 7.39. The van der Waals surface area contributed by atoms with E-state index in [4.69, 9.17) is 15.0 Å². The van der Waals surface area contributed by atoms with Gasteiger partial charge >= 0.3 is 0 Å². The summed E-state index contributed by atoms with van der Waals surface area (Å²) in [5.41, 5.74) is -0.152. The van der Waals surface area contributed by atoms with Crippen LogP contribution in [0, 0.1) is 11.3 Å². The van der Waals surface area contributed by atoms with Gasteiger partial charge in [-0.2, -0.15) is 0 Å². The van der Waals surface area contributed by atoms with Gasteiger partial charge in [-0.15, -0.1) is 0 Å². The molecule has 0 aromatic carbocycles. The molecule has 1 aliphatic carbocycles. The molecule has 3 heteroatoms. The van der Waals surface area contributed by atoms with Crippen molar-refractivity contribution in [2.75, 3.05) is 26.2 Å². The van der Waals surface area contributed by atoms with E-state index in [1.807, 2.05) is 20.8 Å². The molecule has 0 N–H and O–H groups in total. The third-order valence-electron chi connectivity index (χ3n) is 4.64. The fraction of sp³-hybridized carbons (Fsp3) is 1.00. The smallest absolute Gasteiger partial charge is 0.168 e. The first kappa shape index (κ1) is 12.3. The minimum Gasteiger partial charge on any atom is -0.347 e. The number of hydrogen-bond donors (Lipinski definition) is 0. The van der Waals surface area contributed by atoms with Crippen LogP contribution in [0.25, 0.3) is 0 Å². The molecule has 1 aliphatic heterocycles. The van der Waals surface area contributed by atoms with Gasteiger partial charge in [-0.3, -0.25) is 0 Å². The second kappa shape index (κ2) is 6.97. The minimum absolute atomic E-state index is 0.0541. The van der Waals surface area contributed by atoms with Gasteiger partial charge in [-0.05, 0) is 43.7 Å². The van der Waals surface area contributed by atoms with Gasteiger partial charge in [0, 0.05) is 24.8 Å². The van der Waals surface area contributed by atoms with E-state index in [2.05, 4.69) is 18.7 Å². The standard InChI is InChI=1S/C18H35NO2/c1-6-12-19(7-2)13-16-14-20-18(21-16)10-8-15(9-11-18)17(3,4)5/h15-16H,6-14H2,1-5H3/i10D2,11D2. The summed E-state index contributed by atoms with van der Waals surface area (Å²) in [6.45, 7) is 13.1. The maximum Gasteiger partial charge on any atom is 0.168 e. The van der Waals surface area contributed by atoms with Crippen LogP contribution in [0.15, 0.2) is 0 Å². The van der Waals surface area contributed by atoms with E-state index in [-0.39, 0.29) is 36.9 Å². The zero-order valence-electron chi connectivity index (χ0n) is 18.4. The summed E-state index contributed by atoms with van der Waals surface area (Å²) >= 11 is 0. The van der Waals surface area contributed by atoms with Gasteiger partial charge < -0.3 is 14.4 Å². The molecule has 124 valence electrons. The molecule has 2 fully saturated rings. The number of nitrogens with zero attached hydrogens (tertiary/aromatic N) is 1. The van der Waals surface area contributed by atoms with E-state index in [9.17, 15) is 0 Å². The summed E-state index contributed by atoms with van der Waals surface area (Å²) in [7, 11) is 0. The first-order chi connectivity index (χ1) is 11.4. The van der Waals surface area contributed by atoms with Crippen molar-refractivity contribution in [3.8, 4) is 0 Å². The lowest BCUT2D eigenvalue weighted by Gasteiger charge is -2.41. The highest BCUT2D eigenvalue weighted by atomic mass is 16.7. The Hall–Kier alpha value is -0.120. The van der Waals surface area contributed by atoms with Crippen molar-refractivity contribution in [1.29, 1.82) is 0 Å². The fourth-order valence-corrected chi connectivity index (χ4v) is 3.03. The summed E-state index contributed by atoms with van der Waals surface area (Å²) in [5, 5.41) is 0. The molecule has 1 atom stereocenters. The molecule has 1 spiro atoms. The molecule has 0 aromatic heterocycles. The lowest BCUT2D eigenvalue weighted by Crippen LogP contribution is -2.40. The Balaban J connectivity index is 2.20. The lowest BCUT2D eigenvalue weighted by atomic mass is 9.71. The Morgan fingerprint density at radius 2 is 1.90 bits per heavy atom. The van der Waals surface area contributed by atoms with Crippen molar-refractivity contribution < 1.29 is 15.0 Å². The highest BCUT2D eigenvalue weighted by Crippen LogP contribution is 2.45. The summed E-state index contributed by atoms with van der Waals surface area (Å²) in [5.74, 6) is -1.85. The van der Waals surface area contributed by atoms with E-state index in [1.54, 1.807) is 0 Å². The maximum absolute atomic E-state index is 8.60. The third-order valence-corrected chi connectivity index (χ3v) is 4.64. The molecule has 1 unspecified atom stereocenters. The fourth-order valence-electron chi connectivity index (χ4n) is 3.03. The van der Waals surface area contributed by atoms with E-state index in [0.29, 0.717) is 6.54 Å². The maximum atomic E-state index is 8.60. The molecule has 0 amide bonds. The molecular formula is C18H35NO2. The molecule has 3 nitrogen and oxygen atoms in total. The van der Waals surface area contributed by atoms with Crippen LogP contribution in [-0.2, 0) is 9.47 Å². The number of likely N-dealkylation sites (N-methyl/N-ethyl adjacent to an activating group) is 1. The molecule has 0 radical (unpaired) electrons. The monoisotopic (exact) mass is 301 g/mol. The average molecular weight is 302 g/mol. The Labute approximate surface area is 137 Å². The molecule has 21 heavy (non-hydrogen) atoms. The number of hydrogen-bond acceptors (Lipinski definition) is 3. The van der Waals surface area contributed by atoms with Crippen molar-refractivity contribution >= 4 is 0 Å².